The van der Waals surface area contributed by atoms with Gasteiger partial charge in [-0.3, -0.25) is 9.59 Å². The van der Waals surface area contributed by atoms with Gasteiger partial charge < -0.3 is 52.4 Å². The van der Waals surface area contributed by atoms with Gasteiger partial charge in [-0.2, -0.15) is 0 Å². The minimum atomic E-state index is -0.0998. The van der Waals surface area contributed by atoms with Crippen LogP contribution in [0.3, 0.4) is 0 Å². The maximum absolute atomic E-state index is 12.5. The number of esters is 2. The van der Waals surface area contributed by atoms with E-state index in [4.69, 9.17) is 9.47 Å². The van der Waals surface area contributed by atoms with Gasteiger partial charge in [0.2, 0.25) is 0 Å². The molecule has 0 spiro atoms. The van der Waals surface area contributed by atoms with Gasteiger partial charge >= 0.3 is 11.9 Å². The Morgan fingerprint density at radius 1 is 0.674 bits per heavy atom. The van der Waals surface area contributed by atoms with E-state index in [0.717, 1.165) is 21.3 Å². The average Bonchev–Trinajstić information content (AvgIpc) is 3.21. The third-order valence-corrected chi connectivity index (χ3v) is 14.5. The number of fused-ring (bicyclic) bond motifs is 5. The number of piperidine rings is 2. The maximum atomic E-state index is 12.5. The van der Waals surface area contributed by atoms with Gasteiger partial charge in [-0.1, -0.05) is 13.8 Å². The van der Waals surface area contributed by atoms with Crippen molar-refractivity contribution in [3.05, 3.63) is 0 Å². The number of hydrogen-bond acceptors (Lipinski definition) is 4. The maximum Gasteiger partial charge on any atom is 0.303 e. The first-order chi connectivity index (χ1) is 19.4. The summed E-state index contributed by atoms with van der Waals surface area (Å²) in [5.41, 5.74) is 0.377. The van der Waals surface area contributed by atoms with Gasteiger partial charge in [-0.05, 0) is 99.7 Å². The van der Waals surface area contributed by atoms with Crippen molar-refractivity contribution < 1.29 is 62.0 Å². The van der Waals surface area contributed by atoms with E-state index in [2.05, 4.69) is 27.9 Å². The molecule has 0 aromatic carbocycles. The zero-order chi connectivity index (χ0) is 29.2. The van der Waals surface area contributed by atoms with Crippen LogP contribution in [0.5, 0.6) is 0 Å². The molecule has 6 aliphatic rings. The van der Waals surface area contributed by atoms with Gasteiger partial charge in [0.05, 0.1) is 40.3 Å². The minimum Gasteiger partial charge on any atom is -1.00 e. The molecule has 248 valence electrons. The fraction of sp³-hybridized carbons (Fsp3) is 0.943. The highest BCUT2D eigenvalue weighted by atomic mass is 79.9. The molecule has 8 heteroatoms. The lowest BCUT2D eigenvalue weighted by Gasteiger charge is -2.63. The first-order valence-corrected chi connectivity index (χ1v) is 17.4. The van der Waals surface area contributed by atoms with Crippen molar-refractivity contribution in [3.8, 4) is 0 Å². The topological polar surface area (TPSA) is 52.6 Å². The molecule has 2 aliphatic heterocycles. The fourth-order valence-corrected chi connectivity index (χ4v) is 12.3. The number of hydrogen-bond donors (Lipinski definition) is 0. The number of carbonyl (C=O) groups excluding carboxylic acids is 2. The molecule has 6 nitrogen and oxygen atoms in total. The molecule has 10 atom stereocenters. The molecule has 4 aliphatic carbocycles. The number of carbonyl (C=O) groups is 2. The number of quaternary nitrogens is 2. The second kappa shape index (κ2) is 13.1. The van der Waals surface area contributed by atoms with Gasteiger partial charge in [0.1, 0.15) is 12.1 Å². The Hall–Kier alpha value is -0.180. The summed E-state index contributed by atoms with van der Waals surface area (Å²) < 4.78 is 14.7. The highest BCUT2D eigenvalue weighted by molar-refractivity contribution is 5.66. The van der Waals surface area contributed by atoms with E-state index in [-0.39, 0.29) is 63.5 Å². The molecule has 6 rings (SSSR count). The number of ether oxygens (including phenoxy) is 2. The van der Waals surface area contributed by atoms with Crippen molar-refractivity contribution in [1.29, 1.82) is 0 Å². The largest absolute Gasteiger partial charge is 1.00 e. The second-order valence-corrected chi connectivity index (χ2v) is 16.7. The van der Waals surface area contributed by atoms with Crippen LogP contribution in [0.4, 0.5) is 0 Å². The molecular weight excluding hydrogens is 672 g/mol. The molecule has 43 heavy (non-hydrogen) atoms. The summed E-state index contributed by atoms with van der Waals surface area (Å²) >= 11 is 0. The number of rotatable bonds is 4. The monoisotopic (exact) mass is 730 g/mol. The summed E-state index contributed by atoms with van der Waals surface area (Å²) in [5.74, 6) is 2.52. The predicted molar refractivity (Wildman–Crippen MR) is 161 cm³/mol. The Morgan fingerprint density at radius 3 is 1.79 bits per heavy atom. The SMILES string of the molecule is CC(=O)O[C@H]1CC2CCC3C(CC[C@@]4(C)C3C[C@H]([N+]3(C)CCCCC3)[C@H]4OC(C)=O)[C@@]2(C)C[C@@H]1[N+]1(C)CCCCC1.[Br-].[Br-]. The molecule has 0 aromatic heterocycles. The van der Waals surface area contributed by atoms with Gasteiger partial charge in [0.25, 0.3) is 0 Å². The lowest BCUT2D eigenvalue weighted by atomic mass is 9.44. The molecule has 0 radical (unpaired) electrons. The first-order valence-electron chi connectivity index (χ1n) is 17.4. The molecule has 0 aromatic rings. The number of likely N-dealkylation sites (N-methyl/N-ethyl adjacent to an activating group) is 2. The lowest BCUT2D eigenvalue weighted by Crippen LogP contribution is -3.00. The number of nitrogens with zero attached hydrogens (tertiary/aromatic N) is 2. The zero-order valence-electron chi connectivity index (χ0n) is 27.9. The molecule has 2 saturated heterocycles. The predicted octanol–water partition coefficient (Wildman–Crippen LogP) is 0.119. The number of halogens is 2. The van der Waals surface area contributed by atoms with E-state index in [0.29, 0.717) is 35.3 Å². The van der Waals surface area contributed by atoms with E-state index in [1.807, 2.05) is 0 Å². The van der Waals surface area contributed by atoms with E-state index in [9.17, 15) is 9.59 Å². The summed E-state index contributed by atoms with van der Waals surface area (Å²) in [7, 11) is 4.94. The molecule has 0 bridgehead atoms. The van der Waals surface area contributed by atoms with Crippen molar-refractivity contribution in [2.45, 2.75) is 135 Å². The highest BCUT2D eigenvalue weighted by Gasteiger charge is 2.68. The van der Waals surface area contributed by atoms with Crippen LogP contribution in [0.2, 0.25) is 0 Å². The normalized spacial score (nSPS) is 44.7. The van der Waals surface area contributed by atoms with Crippen molar-refractivity contribution in [3.63, 3.8) is 0 Å². The van der Waals surface area contributed by atoms with Gasteiger partial charge in [0, 0.05) is 32.1 Å². The summed E-state index contributed by atoms with van der Waals surface area (Å²) in [6.07, 6.45) is 16.4. The van der Waals surface area contributed by atoms with Crippen LogP contribution in [-0.2, 0) is 19.1 Å². The summed E-state index contributed by atoms with van der Waals surface area (Å²) in [6.45, 7) is 13.3. The Kier molecular flexibility index (Phi) is 10.9. The van der Waals surface area contributed by atoms with Crippen LogP contribution in [0.1, 0.15) is 111 Å². The van der Waals surface area contributed by atoms with Crippen LogP contribution in [0.25, 0.3) is 0 Å². The van der Waals surface area contributed by atoms with E-state index >= 15 is 0 Å². The van der Waals surface area contributed by atoms with Crippen LogP contribution in [-0.4, -0.2) is 85.5 Å². The second-order valence-electron chi connectivity index (χ2n) is 16.7. The fourth-order valence-electron chi connectivity index (χ4n) is 12.3. The van der Waals surface area contributed by atoms with Crippen molar-refractivity contribution in [1.82, 2.24) is 0 Å². The highest BCUT2D eigenvalue weighted by Crippen LogP contribution is 2.68. The molecule has 6 fully saturated rings. The molecular formula is C35H60Br2N2O4. The van der Waals surface area contributed by atoms with Crippen LogP contribution in [0.15, 0.2) is 0 Å². The minimum absolute atomic E-state index is 0. The first kappa shape index (κ1) is 35.7. The van der Waals surface area contributed by atoms with Crippen LogP contribution >= 0.6 is 0 Å². The Balaban J connectivity index is 0.00000212. The molecule has 4 unspecified atom stereocenters. The smallest absolute Gasteiger partial charge is 0.303 e. The van der Waals surface area contributed by atoms with Gasteiger partial charge in [-0.15, -0.1) is 0 Å². The van der Waals surface area contributed by atoms with Crippen LogP contribution in [0, 0.1) is 34.5 Å². The molecule has 0 amide bonds. The summed E-state index contributed by atoms with van der Waals surface area (Å²) in [4.78, 5) is 24.8. The third kappa shape index (κ3) is 6.15. The van der Waals surface area contributed by atoms with Crippen LogP contribution < -0.4 is 34.0 Å². The Morgan fingerprint density at radius 2 is 1.23 bits per heavy atom. The van der Waals surface area contributed by atoms with E-state index in [1.54, 1.807) is 13.8 Å². The number of likely N-dealkylation sites (tertiary alicyclic amines) is 2. The Labute approximate surface area is 283 Å². The zero-order valence-corrected chi connectivity index (χ0v) is 31.1. The van der Waals surface area contributed by atoms with Crippen molar-refractivity contribution in [2.24, 2.45) is 34.5 Å². The van der Waals surface area contributed by atoms with E-state index in [1.165, 1.54) is 103 Å². The van der Waals surface area contributed by atoms with Gasteiger partial charge in [0.15, 0.2) is 12.2 Å². The van der Waals surface area contributed by atoms with Crippen molar-refractivity contribution >= 4 is 11.9 Å². The molecule has 2 heterocycles. The van der Waals surface area contributed by atoms with Gasteiger partial charge in [-0.25, -0.2) is 0 Å². The summed E-state index contributed by atoms with van der Waals surface area (Å²) in [5, 5.41) is 0. The molecule has 4 saturated carbocycles. The Bertz CT molecular complexity index is 1010. The standard InChI is InChI=1S/C35H60N2O4.2BrH/c1-24(38)40-32-21-26-13-14-27-28(35(26,4)23-31(32)37(6)19-11-8-12-20-37)15-16-34(3)29(27)22-30(33(34)41-25(2)39)36(5)17-9-7-10-18-36;;/h26-33H,7-23H2,1-6H3;2*1H/q+2;;/p-2/t26?,27?,28?,29?,30-,31-,32-,33+,34-,35-;;/m0../s1. The van der Waals surface area contributed by atoms with Crippen molar-refractivity contribution in [2.75, 3.05) is 40.3 Å². The average molecular weight is 733 g/mol. The summed E-state index contributed by atoms with van der Waals surface area (Å²) in [6, 6.07) is 0.846. The third-order valence-electron chi connectivity index (χ3n) is 14.5. The lowest BCUT2D eigenvalue weighted by molar-refractivity contribution is -0.943. The quantitative estimate of drug-likeness (QED) is 0.305. The molecule has 0 N–H and O–H groups in total. The van der Waals surface area contributed by atoms with E-state index < -0.39 is 0 Å².